The third kappa shape index (κ3) is 4.06. The summed E-state index contributed by atoms with van der Waals surface area (Å²) in [5.41, 5.74) is 0.0999. The fourth-order valence-electron chi connectivity index (χ4n) is 1.88. The molecule has 2 aromatic rings. The van der Waals surface area contributed by atoms with E-state index in [-0.39, 0.29) is 28.2 Å². The van der Waals surface area contributed by atoms with Crippen molar-refractivity contribution in [2.75, 3.05) is 25.2 Å². The summed E-state index contributed by atoms with van der Waals surface area (Å²) >= 11 is 3.12. The van der Waals surface area contributed by atoms with Gasteiger partial charge >= 0.3 is 0 Å². The number of rotatable bonds is 5. The first-order valence-corrected chi connectivity index (χ1v) is 9.12. The summed E-state index contributed by atoms with van der Waals surface area (Å²) in [5, 5.41) is 5.71. The maximum Gasteiger partial charge on any atom is 0.272 e. The first-order chi connectivity index (χ1) is 11.8. The molecule has 11 heteroatoms. The highest BCUT2D eigenvalue weighted by atomic mass is 79.9. The fraction of sp³-hybridized carbons (Fsp3) is 0.214. The largest absolute Gasteiger partial charge is 0.481 e. The van der Waals surface area contributed by atoms with Crippen LogP contribution in [0.1, 0.15) is 10.4 Å². The Balaban J connectivity index is 2.51. The predicted molar refractivity (Wildman–Crippen MR) is 96.3 cm³/mol. The number of carbonyl (C=O) groups is 1. The molecule has 1 atom stereocenters. The minimum absolute atomic E-state index is 0.0204. The lowest BCUT2D eigenvalue weighted by molar-refractivity contribution is 0.100. The average molecular weight is 430 g/mol. The van der Waals surface area contributed by atoms with E-state index in [1.165, 1.54) is 39.5 Å². The zero-order valence-electron chi connectivity index (χ0n) is 13.7. The molecule has 0 spiro atoms. The Morgan fingerprint density at radius 2 is 1.80 bits per heavy atom. The van der Waals surface area contributed by atoms with Gasteiger partial charge in [0.2, 0.25) is 17.7 Å². The summed E-state index contributed by atoms with van der Waals surface area (Å²) in [6.45, 7) is 0. The van der Waals surface area contributed by atoms with Crippen LogP contribution < -0.4 is 18.5 Å². The molecule has 0 bridgehead atoms. The molecule has 25 heavy (non-hydrogen) atoms. The molecule has 0 aliphatic carbocycles. The molecule has 0 fully saturated rings. The minimum Gasteiger partial charge on any atom is -0.481 e. The summed E-state index contributed by atoms with van der Waals surface area (Å²) in [5.74, 6) is -0.183. The molecule has 1 unspecified atom stereocenters. The highest BCUT2D eigenvalue weighted by Crippen LogP contribution is 2.25. The summed E-state index contributed by atoms with van der Waals surface area (Å²) in [6, 6.07) is 7.67. The van der Waals surface area contributed by atoms with Gasteiger partial charge in [-0.2, -0.15) is 9.97 Å². The summed E-state index contributed by atoms with van der Waals surface area (Å²) in [7, 11) is 0.975. The molecule has 2 N–H and O–H groups in total. The first-order valence-electron chi connectivity index (χ1n) is 6.83. The third-order valence-corrected chi connectivity index (χ3v) is 5.31. The summed E-state index contributed by atoms with van der Waals surface area (Å²) < 4.78 is 27.2. The SMILES string of the molecule is CN=S(N)(=O)c1ccccc1C(=O)N(Br)c1nc(OC)cc(OC)n1. The first kappa shape index (κ1) is 19.1. The Morgan fingerprint density at radius 1 is 1.24 bits per heavy atom. The molecule has 1 aromatic heterocycles. The number of nitrogens with two attached hydrogens (primary N) is 1. The van der Waals surface area contributed by atoms with Crippen LogP contribution in [0.4, 0.5) is 5.95 Å². The Labute approximate surface area is 153 Å². The van der Waals surface area contributed by atoms with Gasteiger partial charge in [0.1, 0.15) is 9.92 Å². The number of hydrogen-bond donors (Lipinski definition) is 1. The number of carbonyl (C=O) groups excluding carboxylic acids is 1. The number of halogens is 1. The molecule has 0 aliphatic heterocycles. The van der Waals surface area contributed by atoms with Crippen LogP contribution in [0.5, 0.6) is 11.8 Å². The molecule has 0 saturated carbocycles. The van der Waals surface area contributed by atoms with Crippen molar-refractivity contribution in [1.29, 1.82) is 0 Å². The Morgan fingerprint density at radius 3 is 2.32 bits per heavy atom. The van der Waals surface area contributed by atoms with Crippen LogP contribution in [0.3, 0.4) is 0 Å². The highest BCUT2D eigenvalue weighted by molar-refractivity contribution is 9.10. The van der Waals surface area contributed by atoms with E-state index < -0.39 is 15.8 Å². The van der Waals surface area contributed by atoms with Crippen LogP contribution in [-0.2, 0) is 9.92 Å². The van der Waals surface area contributed by atoms with E-state index in [2.05, 4.69) is 30.5 Å². The molecule has 1 heterocycles. The average Bonchev–Trinajstić information content (AvgIpc) is 2.66. The number of ether oxygens (including phenoxy) is 2. The molecular formula is C14H16BrN5O4S. The number of hydrogen-bond acceptors (Lipinski definition) is 7. The number of anilines is 1. The number of benzene rings is 1. The van der Waals surface area contributed by atoms with Gasteiger partial charge in [-0.1, -0.05) is 12.1 Å². The van der Waals surface area contributed by atoms with Gasteiger partial charge in [0.25, 0.3) is 5.91 Å². The topological polar surface area (TPSA) is 120 Å². The van der Waals surface area contributed by atoms with E-state index in [1.54, 1.807) is 12.1 Å². The van der Waals surface area contributed by atoms with Crippen LogP contribution in [-0.4, -0.2) is 41.4 Å². The molecule has 9 nitrogen and oxygen atoms in total. The van der Waals surface area contributed by atoms with Gasteiger partial charge in [0.15, 0.2) is 0 Å². The fourth-order valence-corrected chi connectivity index (χ4v) is 3.17. The van der Waals surface area contributed by atoms with E-state index in [0.29, 0.717) is 0 Å². The number of amides is 1. The van der Waals surface area contributed by atoms with Gasteiger partial charge in [0.05, 0.1) is 46.9 Å². The van der Waals surface area contributed by atoms with Gasteiger partial charge in [-0.3, -0.25) is 4.79 Å². The van der Waals surface area contributed by atoms with Crippen LogP contribution in [0, 0.1) is 0 Å². The molecule has 1 amide bonds. The van der Waals surface area contributed by atoms with Crippen LogP contribution >= 0.6 is 16.1 Å². The summed E-state index contributed by atoms with van der Waals surface area (Å²) in [4.78, 5) is 21.1. The normalized spacial score (nSPS) is 12.8. The number of nitrogens with zero attached hydrogens (tertiary/aromatic N) is 4. The van der Waals surface area contributed by atoms with Crippen molar-refractivity contribution in [2.24, 2.45) is 9.50 Å². The van der Waals surface area contributed by atoms with Crippen molar-refractivity contribution in [3.05, 3.63) is 35.9 Å². The van der Waals surface area contributed by atoms with Gasteiger partial charge in [-0.05, 0) is 12.1 Å². The lowest BCUT2D eigenvalue weighted by atomic mass is 10.2. The van der Waals surface area contributed by atoms with Gasteiger partial charge in [-0.25, -0.2) is 17.6 Å². The maximum atomic E-state index is 12.8. The second-order valence-corrected chi connectivity index (χ2v) is 7.24. The van der Waals surface area contributed by atoms with Crippen LogP contribution in [0.25, 0.3) is 0 Å². The zero-order valence-corrected chi connectivity index (χ0v) is 16.1. The Hall–Kier alpha value is -2.24. The Kier molecular flexibility index (Phi) is 5.93. The van der Waals surface area contributed by atoms with E-state index in [0.717, 1.165) is 3.93 Å². The highest BCUT2D eigenvalue weighted by Gasteiger charge is 2.24. The van der Waals surface area contributed by atoms with E-state index in [9.17, 15) is 9.00 Å². The molecule has 0 aliphatic rings. The Bertz CT molecular complexity index is 892. The third-order valence-electron chi connectivity index (χ3n) is 3.14. The van der Waals surface area contributed by atoms with E-state index in [1.807, 2.05) is 0 Å². The monoisotopic (exact) mass is 429 g/mol. The number of methoxy groups -OCH3 is 2. The zero-order chi connectivity index (χ0) is 18.6. The van der Waals surface area contributed by atoms with Gasteiger partial charge in [0, 0.05) is 7.05 Å². The van der Waals surface area contributed by atoms with Crippen molar-refractivity contribution < 1.29 is 18.5 Å². The van der Waals surface area contributed by atoms with E-state index >= 15 is 0 Å². The quantitative estimate of drug-likeness (QED) is 0.723. The van der Waals surface area contributed by atoms with Crippen LogP contribution in [0.15, 0.2) is 39.6 Å². The second kappa shape index (κ2) is 7.76. The molecule has 134 valence electrons. The maximum absolute atomic E-state index is 12.8. The summed E-state index contributed by atoms with van der Waals surface area (Å²) in [6.07, 6.45) is 0. The molecule has 2 rings (SSSR count). The number of aromatic nitrogens is 2. The van der Waals surface area contributed by atoms with E-state index in [4.69, 9.17) is 14.6 Å². The minimum atomic E-state index is -3.20. The van der Waals surface area contributed by atoms with Gasteiger partial charge < -0.3 is 9.47 Å². The molecule has 1 aromatic carbocycles. The molecule has 0 radical (unpaired) electrons. The predicted octanol–water partition coefficient (Wildman–Crippen LogP) is 1.78. The van der Waals surface area contributed by atoms with Gasteiger partial charge in [-0.15, -0.1) is 0 Å². The molecular weight excluding hydrogens is 414 g/mol. The van der Waals surface area contributed by atoms with Crippen molar-refractivity contribution in [1.82, 2.24) is 9.97 Å². The van der Waals surface area contributed by atoms with Crippen molar-refractivity contribution in [3.63, 3.8) is 0 Å². The van der Waals surface area contributed by atoms with Crippen molar-refractivity contribution >= 4 is 37.9 Å². The smallest absolute Gasteiger partial charge is 0.272 e. The van der Waals surface area contributed by atoms with Crippen LogP contribution in [0.2, 0.25) is 0 Å². The second-order valence-electron chi connectivity index (χ2n) is 4.59. The van der Waals surface area contributed by atoms with Crippen molar-refractivity contribution in [2.45, 2.75) is 4.90 Å². The molecule has 0 saturated heterocycles. The standard InChI is InChI=1S/C14H16BrN5O4S/c1-17-25(16,22)10-7-5-4-6-9(10)13(21)20(15)14-18-11(23-2)8-12(19-14)24-3/h4-8H,1-3H3,(H2,16,17,22). The van der Waals surface area contributed by atoms with Crippen molar-refractivity contribution in [3.8, 4) is 11.8 Å². The lowest BCUT2D eigenvalue weighted by Crippen LogP contribution is -2.26. The lowest BCUT2D eigenvalue weighted by Gasteiger charge is -2.16.